The van der Waals surface area contributed by atoms with E-state index in [1.807, 2.05) is 36.7 Å². The molecule has 4 heteroatoms. The maximum Gasteiger partial charge on any atom is 0.0702 e. The number of para-hydroxylation sites is 2. The third kappa shape index (κ3) is 4.85. The number of fused-ring (bicyclic) bond motifs is 7. The van der Waals surface area contributed by atoms with Gasteiger partial charge in [-0.15, -0.1) is 0 Å². The smallest absolute Gasteiger partial charge is 0.0702 e. The van der Waals surface area contributed by atoms with Gasteiger partial charge in [-0.05, 0) is 101 Å². The Morgan fingerprint density at radius 1 is 0.296 bits per heavy atom. The molecule has 0 radical (unpaired) electrons. The van der Waals surface area contributed by atoms with Crippen LogP contribution < -0.4 is 0 Å². The van der Waals surface area contributed by atoms with Crippen molar-refractivity contribution >= 4 is 54.4 Å². The molecule has 7 aromatic carbocycles. The zero-order chi connectivity index (χ0) is 35.6. The predicted molar refractivity (Wildman–Crippen MR) is 225 cm³/mol. The van der Waals surface area contributed by atoms with E-state index >= 15 is 0 Å². The highest BCUT2D eigenvalue weighted by atomic mass is 15.0. The minimum Gasteiger partial charge on any atom is -0.309 e. The molecule has 11 aromatic rings. The number of benzene rings is 7. The first-order valence-corrected chi connectivity index (χ1v) is 18.3. The molecule has 4 nitrogen and oxygen atoms in total. The molecule has 0 aliphatic carbocycles. The fourth-order valence-corrected chi connectivity index (χ4v) is 8.28. The van der Waals surface area contributed by atoms with Crippen LogP contribution in [0.5, 0.6) is 0 Å². The molecule has 0 fully saturated rings. The van der Waals surface area contributed by atoms with Crippen molar-refractivity contribution in [3.05, 3.63) is 194 Å². The molecule has 54 heavy (non-hydrogen) atoms. The van der Waals surface area contributed by atoms with E-state index in [2.05, 4.69) is 167 Å². The number of nitrogens with zero attached hydrogens (tertiary/aromatic N) is 4. The van der Waals surface area contributed by atoms with Crippen molar-refractivity contribution < 1.29 is 0 Å². The Morgan fingerprint density at radius 3 is 1.37 bits per heavy atom. The summed E-state index contributed by atoms with van der Waals surface area (Å²) in [6, 6.07) is 65.4. The van der Waals surface area contributed by atoms with Gasteiger partial charge in [-0.25, -0.2) is 0 Å². The van der Waals surface area contributed by atoms with Gasteiger partial charge in [-0.2, -0.15) is 0 Å². The molecule has 4 aromatic heterocycles. The summed E-state index contributed by atoms with van der Waals surface area (Å²) in [5.41, 5.74) is 13.2. The molecule has 0 amide bonds. The molecular formula is C50H32N4. The molecule has 0 spiro atoms. The van der Waals surface area contributed by atoms with Crippen LogP contribution in [0.4, 0.5) is 0 Å². The lowest BCUT2D eigenvalue weighted by Gasteiger charge is -2.14. The number of hydrogen-bond acceptors (Lipinski definition) is 2. The lowest BCUT2D eigenvalue weighted by atomic mass is 10.0. The van der Waals surface area contributed by atoms with Crippen LogP contribution in [-0.4, -0.2) is 19.1 Å². The van der Waals surface area contributed by atoms with Crippen LogP contribution in [0.2, 0.25) is 0 Å². The molecule has 0 unspecified atom stereocenters. The Balaban J connectivity index is 1.14. The Labute approximate surface area is 311 Å². The summed E-state index contributed by atoms with van der Waals surface area (Å²) in [6.45, 7) is 0. The van der Waals surface area contributed by atoms with Crippen LogP contribution >= 0.6 is 0 Å². The Bertz CT molecular complexity index is 3150. The second-order valence-electron chi connectivity index (χ2n) is 13.9. The summed E-state index contributed by atoms with van der Waals surface area (Å²) < 4.78 is 4.82. The average Bonchev–Trinajstić information content (AvgIpc) is 3.76. The van der Waals surface area contributed by atoms with Gasteiger partial charge in [0.25, 0.3) is 0 Å². The second-order valence-corrected chi connectivity index (χ2v) is 13.9. The van der Waals surface area contributed by atoms with Gasteiger partial charge >= 0.3 is 0 Å². The van der Waals surface area contributed by atoms with E-state index in [0.29, 0.717) is 0 Å². The van der Waals surface area contributed by atoms with Gasteiger partial charge in [-0.3, -0.25) is 9.97 Å². The Morgan fingerprint density at radius 2 is 0.796 bits per heavy atom. The van der Waals surface area contributed by atoms with Crippen LogP contribution in [0.15, 0.2) is 194 Å². The lowest BCUT2D eigenvalue weighted by molar-refractivity contribution is 1.17. The zero-order valence-corrected chi connectivity index (χ0v) is 29.3. The number of pyridine rings is 2. The molecule has 11 rings (SSSR count). The zero-order valence-electron chi connectivity index (χ0n) is 29.3. The minimum atomic E-state index is 0.924. The largest absolute Gasteiger partial charge is 0.309 e. The van der Waals surface area contributed by atoms with Gasteiger partial charge in [0.05, 0.1) is 33.5 Å². The van der Waals surface area contributed by atoms with E-state index in [9.17, 15) is 0 Å². The highest BCUT2D eigenvalue weighted by Gasteiger charge is 2.18. The van der Waals surface area contributed by atoms with E-state index in [4.69, 9.17) is 9.97 Å². The van der Waals surface area contributed by atoms with Crippen molar-refractivity contribution in [3.8, 4) is 45.0 Å². The SMILES string of the molecule is c1ccc(-c2cc(-c3ccccn3)cc(-n3c4ccccc4c4ccc(-c5ccc6c7ccccc7n(-c7ccc8ccccc8c7)c6c5)cc43)c2)nc1. The van der Waals surface area contributed by atoms with Crippen molar-refractivity contribution in [2.24, 2.45) is 0 Å². The van der Waals surface area contributed by atoms with Crippen LogP contribution in [-0.2, 0) is 0 Å². The van der Waals surface area contributed by atoms with Gasteiger partial charge in [0.1, 0.15) is 0 Å². The molecule has 0 saturated carbocycles. The third-order valence-corrected chi connectivity index (χ3v) is 10.8. The van der Waals surface area contributed by atoms with Gasteiger partial charge < -0.3 is 9.13 Å². The van der Waals surface area contributed by atoms with Crippen molar-refractivity contribution in [1.82, 2.24) is 19.1 Å². The fourth-order valence-electron chi connectivity index (χ4n) is 8.28. The molecule has 0 atom stereocenters. The fraction of sp³-hybridized carbons (Fsp3) is 0. The molecule has 0 saturated heterocycles. The van der Waals surface area contributed by atoms with Crippen LogP contribution in [0, 0.1) is 0 Å². The summed E-state index contributed by atoms with van der Waals surface area (Å²) in [5, 5.41) is 7.39. The summed E-state index contributed by atoms with van der Waals surface area (Å²) in [7, 11) is 0. The van der Waals surface area contributed by atoms with Crippen LogP contribution in [0.3, 0.4) is 0 Å². The van der Waals surface area contributed by atoms with Gasteiger partial charge in [0.15, 0.2) is 0 Å². The van der Waals surface area contributed by atoms with E-state index in [0.717, 1.165) is 50.5 Å². The Hall–Kier alpha value is -7.30. The predicted octanol–water partition coefficient (Wildman–Crippen LogP) is 12.8. The molecule has 0 aliphatic heterocycles. The first-order chi connectivity index (χ1) is 26.8. The van der Waals surface area contributed by atoms with Crippen LogP contribution in [0.1, 0.15) is 0 Å². The molecule has 0 bridgehead atoms. The topological polar surface area (TPSA) is 35.6 Å². The third-order valence-electron chi connectivity index (χ3n) is 10.8. The summed E-state index contributed by atoms with van der Waals surface area (Å²) >= 11 is 0. The van der Waals surface area contributed by atoms with Gasteiger partial charge in [-0.1, -0.05) is 103 Å². The highest BCUT2D eigenvalue weighted by molar-refractivity contribution is 6.12. The van der Waals surface area contributed by atoms with E-state index in [1.165, 1.54) is 48.9 Å². The van der Waals surface area contributed by atoms with Crippen LogP contribution in [0.25, 0.3) is 99.4 Å². The van der Waals surface area contributed by atoms with Crippen molar-refractivity contribution in [2.75, 3.05) is 0 Å². The maximum atomic E-state index is 4.74. The van der Waals surface area contributed by atoms with Crippen molar-refractivity contribution in [2.45, 2.75) is 0 Å². The first kappa shape index (κ1) is 30.3. The quantitative estimate of drug-likeness (QED) is 0.180. The maximum absolute atomic E-state index is 4.74. The average molecular weight is 689 g/mol. The summed E-state index contributed by atoms with van der Waals surface area (Å²) in [4.78, 5) is 9.47. The first-order valence-electron chi connectivity index (χ1n) is 18.3. The monoisotopic (exact) mass is 688 g/mol. The normalized spacial score (nSPS) is 11.7. The Kier molecular flexibility index (Phi) is 6.82. The van der Waals surface area contributed by atoms with E-state index in [1.54, 1.807) is 0 Å². The van der Waals surface area contributed by atoms with Crippen molar-refractivity contribution in [1.29, 1.82) is 0 Å². The molecule has 4 heterocycles. The highest BCUT2D eigenvalue weighted by Crippen LogP contribution is 2.39. The number of aromatic nitrogens is 4. The van der Waals surface area contributed by atoms with E-state index in [-0.39, 0.29) is 0 Å². The minimum absolute atomic E-state index is 0.924. The van der Waals surface area contributed by atoms with Gasteiger partial charge in [0, 0.05) is 56.4 Å². The molecule has 0 N–H and O–H groups in total. The number of hydrogen-bond donors (Lipinski definition) is 0. The second kappa shape index (κ2) is 12.1. The van der Waals surface area contributed by atoms with Gasteiger partial charge in [0.2, 0.25) is 0 Å². The molecular weight excluding hydrogens is 657 g/mol. The molecule has 252 valence electrons. The summed E-state index contributed by atoms with van der Waals surface area (Å²) in [5.74, 6) is 0. The lowest BCUT2D eigenvalue weighted by Crippen LogP contribution is -1.97. The molecule has 0 aliphatic rings. The standard InChI is InChI=1S/C50H32N4/c1-2-12-34-28-39(22-19-33(34)11-1)53-47-17-5-3-13-41(47)43-23-20-35(31-49(43)53)36-21-24-44-42-14-4-6-18-48(42)54(50(44)32-36)40-29-37(45-15-7-9-25-51-45)27-38(30-40)46-16-8-10-26-52-46/h1-32H. The summed E-state index contributed by atoms with van der Waals surface area (Å²) in [6.07, 6.45) is 3.71. The van der Waals surface area contributed by atoms with E-state index < -0.39 is 0 Å². The van der Waals surface area contributed by atoms with Crippen molar-refractivity contribution in [3.63, 3.8) is 0 Å². The number of rotatable bonds is 5.